The molecule has 0 radical (unpaired) electrons. The highest BCUT2D eigenvalue weighted by Crippen LogP contribution is 2.39. The van der Waals surface area contributed by atoms with Crippen LogP contribution in [-0.4, -0.2) is 55.8 Å². The monoisotopic (exact) mass is 530 g/mol. The first kappa shape index (κ1) is 25.7. The van der Waals surface area contributed by atoms with Crippen molar-refractivity contribution in [3.05, 3.63) is 102 Å². The molecule has 0 fully saturated rings. The molecule has 0 saturated carbocycles. The average Bonchev–Trinajstić information content (AvgIpc) is 3.39. The number of aromatic nitrogens is 2. The van der Waals surface area contributed by atoms with Gasteiger partial charge in [0.1, 0.15) is 5.82 Å². The van der Waals surface area contributed by atoms with Gasteiger partial charge >= 0.3 is 0 Å². The Bertz CT molecular complexity index is 1580. The summed E-state index contributed by atoms with van der Waals surface area (Å²) in [5.41, 5.74) is 6.57. The molecule has 0 atom stereocenters. The minimum absolute atomic E-state index is 0.0621. The van der Waals surface area contributed by atoms with Crippen molar-refractivity contribution in [3.8, 4) is 22.4 Å². The van der Waals surface area contributed by atoms with Crippen molar-refractivity contribution in [1.29, 1.82) is 0 Å². The van der Waals surface area contributed by atoms with Gasteiger partial charge in [0.2, 0.25) is 10.0 Å². The highest BCUT2D eigenvalue weighted by Gasteiger charge is 2.22. The Labute approximate surface area is 221 Å². The molecule has 0 aliphatic carbocycles. The summed E-state index contributed by atoms with van der Waals surface area (Å²) in [4.78, 5) is 22.6. The minimum Gasteiger partial charge on any atom is -0.360 e. The molecule has 0 bridgehead atoms. The van der Waals surface area contributed by atoms with E-state index in [0.717, 1.165) is 34.4 Å². The van der Waals surface area contributed by atoms with Crippen LogP contribution in [0.1, 0.15) is 22.3 Å². The van der Waals surface area contributed by atoms with Crippen LogP contribution in [0.4, 0.5) is 4.39 Å². The zero-order valence-corrected chi connectivity index (χ0v) is 21.6. The van der Waals surface area contributed by atoms with Crippen LogP contribution < -0.4 is 4.72 Å². The summed E-state index contributed by atoms with van der Waals surface area (Å²) < 4.78 is 39.7. The molecule has 2 N–H and O–H groups in total. The van der Waals surface area contributed by atoms with E-state index < -0.39 is 10.0 Å². The second-order valence-electron chi connectivity index (χ2n) is 9.06. The maximum Gasteiger partial charge on any atom is 0.240 e. The van der Waals surface area contributed by atoms with Crippen molar-refractivity contribution >= 4 is 21.4 Å². The van der Waals surface area contributed by atoms with Crippen LogP contribution in [0, 0.1) is 5.82 Å². The number of H-pyrrole nitrogens is 1. The summed E-state index contributed by atoms with van der Waals surface area (Å²) in [7, 11) is -2.19. The maximum absolute atomic E-state index is 13.6. The zero-order valence-electron chi connectivity index (χ0n) is 20.8. The maximum atomic E-state index is 13.6. The van der Waals surface area contributed by atoms with Gasteiger partial charge in [-0.05, 0) is 78.7 Å². The lowest BCUT2D eigenvalue weighted by atomic mass is 9.92. The molecule has 194 valence electrons. The zero-order chi connectivity index (χ0) is 26.7. The molecule has 1 aliphatic rings. The van der Waals surface area contributed by atoms with Crippen LogP contribution in [-0.2, 0) is 10.0 Å². The van der Waals surface area contributed by atoms with Gasteiger partial charge < -0.3 is 4.98 Å². The van der Waals surface area contributed by atoms with Crippen LogP contribution in [0.15, 0.2) is 90.2 Å². The first-order valence-corrected chi connectivity index (χ1v) is 13.7. The molecule has 38 heavy (non-hydrogen) atoms. The van der Waals surface area contributed by atoms with Crippen molar-refractivity contribution in [2.75, 3.05) is 26.7 Å². The predicted octanol–water partition coefficient (Wildman–Crippen LogP) is 4.76. The van der Waals surface area contributed by atoms with Gasteiger partial charge in [0.25, 0.3) is 0 Å². The Hall–Kier alpha value is -3.92. The fourth-order valence-corrected chi connectivity index (χ4v) is 5.40. The van der Waals surface area contributed by atoms with Crippen molar-refractivity contribution < 1.29 is 17.6 Å². The molecule has 1 aliphatic heterocycles. The highest BCUT2D eigenvalue weighted by molar-refractivity contribution is 7.89. The lowest BCUT2D eigenvalue weighted by Crippen LogP contribution is -2.33. The number of sulfonamides is 1. The van der Waals surface area contributed by atoms with Gasteiger partial charge in [0.05, 0.1) is 17.1 Å². The van der Waals surface area contributed by atoms with Crippen LogP contribution in [0.3, 0.4) is 0 Å². The normalized spacial score (nSPS) is 14.3. The summed E-state index contributed by atoms with van der Waals surface area (Å²) in [5, 5.41) is 0. The van der Waals surface area contributed by atoms with Crippen molar-refractivity contribution in [1.82, 2.24) is 19.6 Å². The molecule has 9 heteroatoms. The van der Waals surface area contributed by atoms with E-state index in [1.807, 2.05) is 18.3 Å². The minimum atomic E-state index is -3.54. The van der Waals surface area contributed by atoms with Crippen LogP contribution in [0.5, 0.6) is 0 Å². The molecule has 0 spiro atoms. The third-order valence-corrected chi connectivity index (χ3v) is 8.17. The van der Waals surface area contributed by atoms with Crippen LogP contribution >= 0.6 is 0 Å². The number of aromatic amines is 1. The number of hydrogen-bond acceptors (Lipinski definition) is 5. The molecular weight excluding hydrogens is 503 g/mol. The number of carbonyl (C=O) groups excluding carboxylic acids is 1. The van der Waals surface area contributed by atoms with E-state index in [2.05, 4.69) is 25.7 Å². The van der Waals surface area contributed by atoms with Gasteiger partial charge in [-0.15, -0.1) is 0 Å². The van der Waals surface area contributed by atoms with E-state index >= 15 is 0 Å². The molecule has 3 heterocycles. The largest absolute Gasteiger partial charge is 0.360 e. The van der Waals surface area contributed by atoms with E-state index in [1.165, 1.54) is 36.9 Å². The molecule has 0 saturated heterocycles. The topological polar surface area (TPSA) is 95.2 Å². The number of benzene rings is 2. The Morgan fingerprint density at radius 1 is 1.03 bits per heavy atom. The fourth-order valence-electron chi connectivity index (χ4n) is 4.67. The number of rotatable bonds is 8. The third-order valence-electron chi connectivity index (χ3n) is 6.74. The summed E-state index contributed by atoms with van der Waals surface area (Å²) in [5.74, 6) is -0.345. The number of Topliss-reactive ketones (excluding diaryl/α,β-unsaturated/α-hetero) is 1. The number of ketones is 1. The average molecular weight is 531 g/mol. The van der Waals surface area contributed by atoms with Gasteiger partial charge in [-0.3, -0.25) is 14.7 Å². The molecule has 4 aromatic rings. The lowest BCUT2D eigenvalue weighted by Gasteiger charge is -2.26. The molecule has 2 aromatic carbocycles. The summed E-state index contributed by atoms with van der Waals surface area (Å²) in [6, 6.07) is 16.3. The first-order valence-electron chi connectivity index (χ1n) is 12.2. The van der Waals surface area contributed by atoms with Crippen molar-refractivity contribution in [2.24, 2.45) is 0 Å². The molecular formula is C29H27FN4O3S. The quantitative estimate of drug-likeness (QED) is 0.320. The van der Waals surface area contributed by atoms with E-state index in [-0.39, 0.29) is 23.0 Å². The van der Waals surface area contributed by atoms with Gasteiger partial charge in [0, 0.05) is 48.4 Å². The van der Waals surface area contributed by atoms with E-state index in [4.69, 9.17) is 0 Å². The SMILES string of the molecule is CNS(=O)(=O)c1ccc(C(=O)CN2CC=C(c3c[nH]c(-c4ccc(F)cc4)c3-c3ccncc3)CC2)cc1. The Morgan fingerprint density at radius 2 is 1.74 bits per heavy atom. The molecule has 0 unspecified atom stereocenters. The molecule has 7 nitrogen and oxygen atoms in total. The Morgan fingerprint density at radius 3 is 2.37 bits per heavy atom. The van der Waals surface area contributed by atoms with E-state index in [9.17, 15) is 17.6 Å². The lowest BCUT2D eigenvalue weighted by molar-refractivity contribution is 0.0937. The summed E-state index contributed by atoms with van der Waals surface area (Å²) >= 11 is 0. The van der Waals surface area contributed by atoms with Crippen molar-refractivity contribution in [2.45, 2.75) is 11.3 Å². The second-order valence-corrected chi connectivity index (χ2v) is 11.0. The first-order chi connectivity index (χ1) is 18.4. The number of nitrogens with zero attached hydrogens (tertiary/aromatic N) is 2. The van der Waals surface area contributed by atoms with E-state index in [0.29, 0.717) is 18.7 Å². The Kier molecular flexibility index (Phi) is 7.33. The molecule has 2 aromatic heterocycles. The number of hydrogen-bond donors (Lipinski definition) is 2. The standard InChI is InChI=1S/C29H27FN4O3S/c1-31-38(36,37)25-8-4-21(5-9-25)27(35)19-34-16-12-20(13-17-34)26-18-33-29(23-2-6-24(30)7-3-23)28(26)22-10-14-32-15-11-22/h2-12,14-15,18,31,33H,13,16-17,19H2,1H3. The third kappa shape index (κ3) is 5.35. The Balaban J connectivity index is 1.35. The van der Waals surface area contributed by atoms with Gasteiger partial charge in [-0.2, -0.15) is 0 Å². The highest BCUT2D eigenvalue weighted by atomic mass is 32.2. The fraction of sp³-hybridized carbons (Fsp3) is 0.172. The number of halogens is 1. The number of pyridine rings is 1. The van der Waals surface area contributed by atoms with Gasteiger partial charge in [0.15, 0.2) is 5.78 Å². The van der Waals surface area contributed by atoms with Crippen LogP contribution in [0.25, 0.3) is 28.0 Å². The van der Waals surface area contributed by atoms with Gasteiger partial charge in [-0.1, -0.05) is 18.2 Å². The van der Waals surface area contributed by atoms with Crippen LogP contribution in [0.2, 0.25) is 0 Å². The summed E-state index contributed by atoms with van der Waals surface area (Å²) in [6.07, 6.45) is 8.39. The number of nitrogens with one attached hydrogen (secondary N) is 2. The van der Waals surface area contributed by atoms with Crippen molar-refractivity contribution in [3.63, 3.8) is 0 Å². The molecule has 0 amide bonds. The van der Waals surface area contributed by atoms with Gasteiger partial charge in [-0.25, -0.2) is 17.5 Å². The smallest absolute Gasteiger partial charge is 0.240 e. The number of carbonyl (C=O) groups is 1. The second kappa shape index (κ2) is 10.8. The summed E-state index contributed by atoms with van der Waals surface area (Å²) in [6.45, 7) is 1.56. The predicted molar refractivity (Wildman–Crippen MR) is 145 cm³/mol. The molecule has 5 rings (SSSR count). The van der Waals surface area contributed by atoms with E-state index in [1.54, 1.807) is 36.7 Å².